The summed E-state index contributed by atoms with van der Waals surface area (Å²) >= 11 is 3.42. The molecule has 1 aliphatic rings. The maximum Gasteiger partial charge on any atom is 0.235 e. The van der Waals surface area contributed by atoms with Gasteiger partial charge >= 0.3 is 0 Å². The first-order chi connectivity index (χ1) is 18.0. The van der Waals surface area contributed by atoms with Crippen molar-refractivity contribution in [1.29, 1.82) is 0 Å². The van der Waals surface area contributed by atoms with Crippen LogP contribution in [-0.4, -0.2) is 36.4 Å². The Morgan fingerprint density at radius 1 is 1.00 bits per heavy atom. The molecule has 0 saturated heterocycles. The molecule has 0 bridgehead atoms. The third-order valence-corrected chi connectivity index (χ3v) is 6.74. The van der Waals surface area contributed by atoms with Gasteiger partial charge in [0.25, 0.3) is 0 Å². The predicted molar refractivity (Wildman–Crippen MR) is 150 cm³/mol. The first-order valence-electron chi connectivity index (χ1n) is 12.2. The van der Waals surface area contributed by atoms with E-state index in [1.165, 1.54) is 5.56 Å². The van der Waals surface area contributed by atoms with Gasteiger partial charge in [0.15, 0.2) is 5.82 Å². The lowest BCUT2D eigenvalue weighted by Gasteiger charge is -2.31. The molecule has 0 aliphatic carbocycles. The normalized spacial score (nSPS) is 13.8. The molecule has 1 aliphatic heterocycles. The van der Waals surface area contributed by atoms with Crippen molar-refractivity contribution in [3.05, 3.63) is 94.5 Å². The molecule has 0 spiro atoms. The number of halogens is 1. The second-order valence-corrected chi connectivity index (χ2v) is 9.76. The largest absolute Gasteiger partial charge is 0.267 e. The topological polar surface area (TPSA) is 95.8 Å². The molecule has 8 nitrogen and oxygen atoms in total. The maximum absolute atomic E-state index is 4.98. The highest BCUT2D eigenvalue weighted by Gasteiger charge is 2.26. The van der Waals surface area contributed by atoms with Gasteiger partial charge in [-0.3, -0.25) is 4.90 Å². The average molecular weight is 555 g/mol. The standard InChI is InChI=1S/C28H27BrN8/c1-4-5-10-26-25(18(2)37(19(3)32-26)28-30-16-22(29)17-31-28)15-20-11-13-21(14-12-20)23-8-6-7-9-24(23)27-33-35-36-34-27/h6-9,11-14,16-17H,2,4-5,10,15H2,1,3H3,(H,33,34,35,36). The number of hydrogen-bond acceptors (Lipinski definition) is 7. The third-order valence-electron chi connectivity index (χ3n) is 6.33. The fraction of sp³-hybridized carbons (Fsp3) is 0.214. The highest BCUT2D eigenvalue weighted by molar-refractivity contribution is 9.10. The van der Waals surface area contributed by atoms with E-state index in [-0.39, 0.29) is 0 Å². The molecule has 37 heavy (non-hydrogen) atoms. The number of unbranched alkanes of at least 4 members (excludes halogenated alkanes) is 1. The van der Waals surface area contributed by atoms with E-state index < -0.39 is 0 Å². The number of tetrazole rings is 1. The quantitative estimate of drug-likeness (QED) is 0.266. The molecule has 0 saturated carbocycles. The molecule has 0 atom stereocenters. The smallest absolute Gasteiger partial charge is 0.235 e. The van der Waals surface area contributed by atoms with E-state index in [1.807, 2.05) is 30.0 Å². The molecule has 2 aromatic heterocycles. The Morgan fingerprint density at radius 3 is 2.41 bits per heavy atom. The lowest BCUT2D eigenvalue weighted by Crippen LogP contribution is -2.33. The van der Waals surface area contributed by atoms with Gasteiger partial charge in [-0.25, -0.2) is 20.1 Å². The van der Waals surface area contributed by atoms with Gasteiger partial charge in [0, 0.05) is 41.3 Å². The zero-order valence-corrected chi connectivity index (χ0v) is 22.4. The van der Waals surface area contributed by atoms with Crippen LogP contribution in [0.15, 0.2) is 93.9 Å². The van der Waals surface area contributed by atoms with Crippen LogP contribution in [0, 0.1) is 0 Å². The maximum atomic E-state index is 4.98. The van der Waals surface area contributed by atoms with E-state index in [9.17, 15) is 0 Å². The summed E-state index contributed by atoms with van der Waals surface area (Å²) in [6.07, 6.45) is 7.29. The van der Waals surface area contributed by atoms with Gasteiger partial charge in [0.2, 0.25) is 5.95 Å². The number of benzene rings is 2. The number of H-pyrrole nitrogens is 1. The molecule has 2 aromatic carbocycles. The number of amidine groups is 1. The van der Waals surface area contributed by atoms with Crippen LogP contribution in [0.1, 0.15) is 38.7 Å². The average Bonchev–Trinajstić information content (AvgIpc) is 3.46. The van der Waals surface area contributed by atoms with Crippen LogP contribution in [0.4, 0.5) is 5.95 Å². The molecular formula is C28H27BrN8. The predicted octanol–water partition coefficient (Wildman–Crippen LogP) is 6.53. The van der Waals surface area contributed by atoms with E-state index in [2.05, 4.69) is 90.4 Å². The van der Waals surface area contributed by atoms with Crippen molar-refractivity contribution in [2.45, 2.75) is 39.5 Å². The van der Waals surface area contributed by atoms with Gasteiger partial charge in [0.1, 0.15) is 5.84 Å². The summed E-state index contributed by atoms with van der Waals surface area (Å²) < 4.78 is 0.828. The zero-order chi connectivity index (χ0) is 25.8. The van der Waals surface area contributed by atoms with Gasteiger partial charge in [-0.1, -0.05) is 68.5 Å². The lowest BCUT2D eigenvalue weighted by molar-refractivity contribution is 0.765. The Bertz CT molecular complexity index is 1460. The molecule has 4 aromatic rings. The Labute approximate surface area is 224 Å². The van der Waals surface area contributed by atoms with Gasteiger partial charge < -0.3 is 0 Å². The number of allylic oxidation sites excluding steroid dienone is 2. The highest BCUT2D eigenvalue weighted by Crippen LogP contribution is 2.34. The minimum absolute atomic E-state index is 0.565. The first kappa shape index (κ1) is 24.7. The van der Waals surface area contributed by atoms with Crippen molar-refractivity contribution in [3.63, 3.8) is 0 Å². The van der Waals surface area contributed by atoms with E-state index in [1.54, 1.807) is 12.4 Å². The Hall–Kier alpha value is -3.98. The molecule has 0 unspecified atom stereocenters. The molecule has 5 rings (SSSR count). The van der Waals surface area contributed by atoms with Gasteiger partial charge in [-0.05, 0) is 62.8 Å². The van der Waals surface area contributed by atoms with Gasteiger partial charge in [-0.15, -0.1) is 5.10 Å². The minimum Gasteiger partial charge on any atom is -0.267 e. The number of hydrogen-bond donors (Lipinski definition) is 1. The number of rotatable bonds is 8. The summed E-state index contributed by atoms with van der Waals surface area (Å²) in [6, 6.07) is 16.7. The number of aromatic nitrogens is 6. The first-order valence-corrected chi connectivity index (χ1v) is 13.0. The summed E-state index contributed by atoms with van der Waals surface area (Å²) in [6.45, 7) is 8.64. The van der Waals surface area contributed by atoms with E-state index in [0.717, 1.165) is 69.6 Å². The van der Waals surface area contributed by atoms with E-state index in [4.69, 9.17) is 4.99 Å². The fourth-order valence-corrected chi connectivity index (χ4v) is 4.68. The third kappa shape index (κ3) is 5.27. The number of anilines is 1. The molecule has 0 fully saturated rings. The summed E-state index contributed by atoms with van der Waals surface area (Å²) in [5.74, 6) is 2.04. The minimum atomic E-state index is 0.565. The highest BCUT2D eigenvalue weighted by atomic mass is 79.9. The van der Waals surface area contributed by atoms with Crippen molar-refractivity contribution in [1.82, 2.24) is 30.6 Å². The molecule has 1 N–H and O–H groups in total. The Morgan fingerprint density at radius 2 is 1.73 bits per heavy atom. The van der Waals surface area contributed by atoms with Crippen molar-refractivity contribution >= 4 is 27.7 Å². The van der Waals surface area contributed by atoms with Crippen LogP contribution in [-0.2, 0) is 6.42 Å². The van der Waals surface area contributed by atoms with E-state index >= 15 is 0 Å². The van der Waals surface area contributed by atoms with Crippen LogP contribution in [0.25, 0.3) is 22.5 Å². The van der Waals surface area contributed by atoms with Crippen molar-refractivity contribution in [2.75, 3.05) is 4.90 Å². The summed E-state index contributed by atoms with van der Waals surface area (Å²) in [4.78, 5) is 15.9. The van der Waals surface area contributed by atoms with Crippen LogP contribution in [0.2, 0.25) is 0 Å². The second kappa shape index (κ2) is 11.0. The van der Waals surface area contributed by atoms with Crippen LogP contribution in [0.3, 0.4) is 0 Å². The van der Waals surface area contributed by atoms with Crippen molar-refractivity contribution < 1.29 is 0 Å². The van der Waals surface area contributed by atoms with Crippen LogP contribution >= 0.6 is 15.9 Å². The molecular weight excluding hydrogens is 528 g/mol. The summed E-state index contributed by atoms with van der Waals surface area (Å²) in [5, 5.41) is 14.4. The van der Waals surface area contributed by atoms with Crippen LogP contribution in [0.5, 0.6) is 0 Å². The molecule has 0 radical (unpaired) electrons. The molecule has 3 heterocycles. The van der Waals surface area contributed by atoms with Gasteiger partial charge in [0.05, 0.1) is 4.47 Å². The number of aromatic amines is 1. The van der Waals surface area contributed by atoms with Crippen molar-refractivity contribution in [2.24, 2.45) is 4.99 Å². The Balaban J connectivity index is 1.45. The molecule has 9 heteroatoms. The van der Waals surface area contributed by atoms with Crippen molar-refractivity contribution in [3.8, 4) is 22.5 Å². The summed E-state index contributed by atoms with van der Waals surface area (Å²) in [7, 11) is 0. The monoisotopic (exact) mass is 554 g/mol. The number of nitrogens with one attached hydrogen (secondary N) is 1. The fourth-order valence-electron chi connectivity index (χ4n) is 4.47. The van der Waals surface area contributed by atoms with Gasteiger partial charge in [-0.2, -0.15) is 0 Å². The molecule has 0 amide bonds. The Kier molecular flexibility index (Phi) is 7.32. The second-order valence-electron chi connectivity index (χ2n) is 8.84. The number of aliphatic imine (C=N–C) groups is 1. The van der Waals surface area contributed by atoms with Crippen LogP contribution < -0.4 is 4.90 Å². The zero-order valence-electron chi connectivity index (χ0n) is 20.8. The summed E-state index contributed by atoms with van der Waals surface area (Å²) in [5.41, 5.74) is 7.37. The van der Waals surface area contributed by atoms with E-state index in [0.29, 0.717) is 11.8 Å². The SMILES string of the molecule is C=C1C(Cc2ccc(-c3ccccc3-c3nnn[nH]3)cc2)=C(CCCC)N=C(C)N1c1ncc(Br)cn1. The number of nitrogens with zero attached hydrogens (tertiary/aromatic N) is 7. The lowest BCUT2D eigenvalue weighted by atomic mass is 9.94. The molecule has 186 valence electrons.